The molecule has 2 aliphatic carbocycles. The summed E-state index contributed by atoms with van der Waals surface area (Å²) in [5.74, 6) is 0.802. The van der Waals surface area contributed by atoms with Crippen molar-refractivity contribution in [1.29, 1.82) is 0 Å². The van der Waals surface area contributed by atoms with E-state index < -0.39 is 0 Å². The lowest BCUT2D eigenvalue weighted by atomic mass is 9.99. The summed E-state index contributed by atoms with van der Waals surface area (Å²) < 4.78 is 0. The first kappa shape index (κ1) is 14.3. The fourth-order valence-corrected chi connectivity index (χ4v) is 3.57. The van der Waals surface area contributed by atoms with Crippen molar-refractivity contribution >= 4 is 0 Å². The van der Waals surface area contributed by atoms with Crippen LogP contribution in [0.15, 0.2) is 0 Å². The standard InChI is InChI=1S/C16H32N2/c1-4-17-15-8-6-5-7-9-16(15)18(12-13(2)3)14-10-11-14/h13-17H,4-12H2,1-3H3. The topological polar surface area (TPSA) is 15.3 Å². The van der Waals surface area contributed by atoms with Crippen LogP contribution in [0.4, 0.5) is 0 Å². The summed E-state index contributed by atoms with van der Waals surface area (Å²) in [7, 11) is 0. The van der Waals surface area contributed by atoms with Crippen LogP contribution in [-0.2, 0) is 0 Å². The summed E-state index contributed by atoms with van der Waals surface area (Å²) in [5.41, 5.74) is 0. The Bertz CT molecular complexity index is 235. The van der Waals surface area contributed by atoms with Crippen LogP contribution >= 0.6 is 0 Å². The van der Waals surface area contributed by atoms with Crippen molar-refractivity contribution in [3.63, 3.8) is 0 Å². The van der Waals surface area contributed by atoms with E-state index in [4.69, 9.17) is 0 Å². The Morgan fingerprint density at radius 1 is 1.06 bits per heavy atom. The van der Waals surface area contributed by atoms with Gasteiger partial charge in [0.2, 0.25) is 0 Å². The van der Waals surface area contributed by atoms with Crippen LogP contribution in [0.25, 0.3) is 0 Å². The highest BCUT2D eigenvalue weighted by atomic mass is 15.2. The Kier molecular flexibility index (Phi) is 5.50. The third-order valence-electron chi connectivity index (χ3n) is 4.46. The molecule has 0 bridgehead atoms. The molecular weight excluding hydrogens is 220 g/mol. The van der Waals surface area contributed by atoms with Crippen LogP contribution in [0, 0.1) is 5.92 Å². The smallest absolute Gasteiger partial charge is 0.0252 e. The SMILES string of the molecule is CCNC1CCCCCC1N(CC(C)C)C1CC1. The van der Waals surface area contributed by atoms with Gasteiger partial charge < -0.3 is 5.32 Å². The van der Waals surface area contributed by atoms with Gasteiger partial charge in [0.15, 0.2) is 0 Å². The van der Waals surface area contributed by atoms with Crippen molar-refractivity contribution in [3.05, 3.63) is 0 Å². The average Bonchev–Trinajstić information content (AvgIpc) is 3.14. The highest BCUT2D eigenvalue weighted by Gasteiger charge is 2.37. The zero-order valence-corrected chi connectivity index (χ0v) is 12.6. The molecule has 0 aromatic rings. The summed E-state index contributed by atoms with van der Waals surface area (Å²) >= 11 is 0. The maximum absolute atomic E-state index is 3.77. The molecule has 0 aromatic heterocycles. The molecule has 2 fully saturated rings. The Labute approximate surface area is 114 Å². The first-order valence-electron chi connectivity index (χ1n) is 8.21. The maximum Gasteiger partial charge on any atom is 0.0252 e. The molecular formula is C16H32N2. The third-order valence-corrected chi connectivity index (χ3v) is 4.46. The largest absolute Gasteiger partial charge is 0.313 e. The van der Waals surface area contributed by atoms with Gasteiger partial charge >= 0.3 is 0 Å². The molecule has 2 rings (SSSR count). The fraction of sp³-hybridized carbons (Fsp3) is 1.00. The number of nitrogens with one attached hydrogen (secondary N) is 1. The van der Waals surface area contributed by atoms with Crippen LogP contribution in [0.5, 0.6) is 0 Å². The van der Waals surface area contributed by atoms with Crippen LogP contribution in [-0.4, -0.2) is 36.1 Å². The van der Waals surface area contributed by atoms with Gasteiger partial charge in [-0.1, -0.05) is 40.0 Å². The predicted molar refractivity (Wildman–Crippen MR) is 78.9 cm³/mol. The summed E-state index contributed by atoms with van der Waals surface area (Å²) in [5, 5.41) is 3.77. The van der Waals surface area contributed by atoms with E-state index in [0.717, 1.165) is 30.6 Å². The first-order valence-corrected chi connectivity index (χ1v) is 8.21. The van der Waals surface area contributed by atoms with Gasteiger partial charge in [0.1, 0.15) is 0 Å². The van der Waals surface area contributed by atoms with Crippen LogP contribution in [0.2, 0.25) is 0 Å². The van der Waals surface area contributed by atoms with Crippen molar-refractivity contribution < 1.29 is 0 Å². The molecule has 2 heteroatoms. The molecule has 106 valence electrons. The second-order valence-electron chi connectivity index (χ2n) is 6.69. The Hall–Kier alpha value is -0.0800. The Morgan fingerprint density at radius 2 is 1.78 bits per heavy atom. The number of rotatable bonds is 6. The van der Waals surface area contributed by atoms with E-state index in [2.05, 4.69) is 31.0 Å². The van der Waals surface area contributed by atoms with Gasteiger partial charge in [0, 0.05) is 24.7 Å². The van der Waals surface area contributed by atoms with Gasteiger partial charge in [0.05, 0.1) is 0 Å². The van der Waals surface area contributed by atoms with E-state index >= 15 is 0 Å². The number of hydrogen-bond acceptors (Lipinski definition) is 2. The minimum atomic E-state index is 0.747. The molecule has 18 heavy (non-hydrogen) atoms. The second-order valence-corrected chi connectivity index (χ2v) is 6.69. The average molecular weight is 252 g/mol. The van der Waals surface area contributed by atoms with Crippen molar-refractivity contribution in [2.45, 2.75) is 83.8 Å². The molecule has 2 unspecified atom stereocenters. The molecule has 2 aliphatic rings. The lowest BCUT2D eigenvalue weighted by Gasteiger charge is -2.38. The summed E-state index contributed by atoms with van der Waals surface area (Å²) in [4.78, 5) is 2.86. The van der Waals surface area contributed by atoms with Gasteiger partial charge in [-0.25, -0.2) is 0 Å². The molecule has 0 aromatic carbocycles. The number of hydrogen-bond donors (Lipinski definition) is 1. The van der Waals surface area contributed by atoms with Crippen molar-refractivity contribution in [3.8, 4) is 0 Å². The quantitative estimate of drug-likeness (QED) is 0.729. The molecule has 0 spiro atoms. The normalized spacial score (nSPS) is 29.8. The lowest BCUT2D eigenvalue weighted by Crippen LogP contribution is -2.51. The van der Waals surface area contributed by atoms with E-state index in [9.17, 15) is 0 Å². The minimum absolute atomic E-state index is 0.747. The van der Waals surface area contributed by atoms with Crippen LogP contribution < -0.4 is 5.32 Å². The highest BCUT2D eigenvalue weighted by Crippen LogP contribution is 2.34. The van der Waals surface area contributed by atoms with Gasteiger partial charge in [-0.2, -0.15) is 0 Å². The number of nitrogens with zero attached hydrogens (tertiary/aromatic N) is 1. The Balaban J connectivity index is 2.02. The predicted octanol–water partition coefficient (Wildman–Crippen LogP) is 3.42. The van der Waals surface area contributed by atoms with E-state index in [-0.39, 0.29) is 0 Å². The molecule has 0 amide bonds. The zero-order valence-electron chi connectivity index (χ0n) is 12.6. The molecule has 0 saturated heterocycles. The summed E-state index contributed by atoms with van der Waals surface area (Å²) in [6, 6.07) is 2.47. The van der Waals surface area contributed by atoms with Crippen molar-refractivity contribution in [2.24, 2.45) is 5.92 Å². The van der Waals surface area contributed by atoms with Gasteiger partial charge in [-0.15, -0.1) is 0 Å². The van der Waals surface area contributed by atoms with Crippen molar-refractivity contribution in [2.75, 3.05) is 13.1 Å². The van der Waals surface area contributed by atoms with E-state index in [0.29, 0.717) is 0 Å². The minimum Gasteiger partial charge on any atom is -0.313 e. The van der Waals surface area contributed by atoms with E-state index in [1.807, 2.05) is 0 Å². The molecule has 0 heterocycles. The molecule has 2 saturated carbocycles. The zero-order chi connectivity index (χ0) is 13.0. The number of likely N-dealkylation sites (N-methyl/N-ethyl adjacent to an activating group) is 1. The second kappa shape index (κ2) is 6.91. The van der Waals surface area contributed by atoms with Gasteiger partial charge in [-0.3, -0.25) is 4.90 Å². The first-order chi connectivity index (χ1) is 8.72. The third kappa shape index (κ3) is 3.96. The van der Waals surface area contributed by atoms with Crippen LogP contribution in [0.1, 0.15) is 65.7 Å². The summed E-state index contributed by atoms with van der Waals surface area (Å²) in [6.45, 7) is 9.42. The molecule has 2 nitrogen and oxygen atoms in total. The van der Waals surface area contributed by atoms with E-state index in [1.165, 1.54) is 51.5 Å². The monoisotopic (exact) mass is 252 g/mol. The van der Waals surface area contributed by atoms with Crippen molar-refractivity contribution in [1.82, 2.24) is 10.2 Å². The lowest BCUT2D eigenvalue weighted by molar-refractivity contribution is 0.124. The molecule has 0 aliphatic heterocycles. The summed E-state index contributed by atoms with van der Waals surface area (Å²) in [6.07, 6.45) is 10.0. The van der Waals surface area contributed by atoms with Gasteiger partial charge in [-0.05, 0) is 38.1 Å². The Morgan fingerprint density at radius 3 is 2.39 bits per heavy atom. The molecule has 2 atom stereocenters. The molecule has 1 N–H and O–H groups in total. The van der Waals surface area contributed by atoms with Gasteiger partial charge in [0.25, 0.3) is 0 Å². The molecule has 0 radical (unpaired) electrons. The maximum atomic E-state index is 3.77. The highest BCUT2D eigenvalue weighted by molar-refractivity contribution is 4.94. The fourth-order valence-electron chi connectivity index (χ4n) is 3.57. The van der Waals surface area contributed by atoms with E-state index in [1.54, 1.807) is 0 Å². The van der Waals surface area contributed by atoms with Crippen LogP contribution in [0.3, 0.4) is 0 Å².